The highest BCUT2D eigenvalue weighted by Gasteiger charge is 2.24. The molecule has 0 heterocycles. The number of hydrogen-bond acceptors (Lipinski definition) is 4. The van der Waals surface area contributed by atoms with E-state index in [0.717, 1.165) is 0 Å². The van der Waals surface area contributed by atoms with Gasteiger partial charge in [-0.3, -0.25) is 4.79 Å². The number of nitrogens with zero attached hydrogens (tertiary/aromatic N) is 1. The maximum Gasteiger partial charge on any atom is 0.343 e. The van der Waals surface area contributed by atoms with Crippen molar-refractivity contribution in [3.8, 4) is 0 Å². The third-order valence-corrected chi connectivity index (χ3v) is 1.82. The second-order valence-electron chi connectivity index (χ2n) is 4.87. The molecule has 0 amide bonds. The van der Waals surface area contributed by atoms with Gasteiger partial charge in [-0.25, -0.2) is 4.79 Å². The minimum absolute atomic E-state index is 0.0329. The van der Waals surface area contributed by atoms with E-state index in [1.165, 1.54) is 6.20 Å². The molecule has 4 nitrogen and oxygen atoms in total. The molecule has 17 heavy (non-hydrogen) atoms. The number of ether oxygens (including phenoxy) is 1. The molecule has 0 aromatic carbocycles. The fourth-order valence-electron chi connectivity index (χ4n) is 1.05. The lowest BCUT2D eigenvalue weighted by atomic mass is 10.1. The van der Waals surface area contributed by atoms with Gasteiger partial charge in [0.05, 0.1) is 0 Å². The summed E-state index contributed by atoms with van der Waals surface area (Å²) in [5.41, 5.74) is -0.588. The molecule has 0 spiro atoms. The molecule has 0 aliphatic carbocycles. The van der Waals surface area contributed by atoms with Gasteiger partial charge in [0.15, 0.2) is 5.78 Å². The van der Waals surface area contributed by atoms with Crippen molar-refractivity contribution >= 4 is 23.4 Å². The molecular weight excluding hydrogens is 242 g/mol. The van der Waals surface area contributed by atoms with Gasteiger partial charge in [0.2, 0.25) is 0 Å². The van der Waals surface area contributed by atoms with Gasteiger partial charge in [0.25, 0.3) is 0 Å². The molecule has 0 aromatic heterocycles. The van der Waals surface area contributed by atoms with Gasteiger partial charge in [-0.05, 0) is 20.8 Å². The van der Waals surface area contributed by atoms with Gasteiger partial charge < -0.3 is 9.64 Å². The standard InChI is InChI=1S/C12H20ClNO3/c1-12(2,3)17-11(16)9(8-14(4)5)10(15)6-7-13/h8H,6-7H2,1-5H3/b9-8+. The lowest BCUT2D eigenvalue weighted by Crippen LogP contribution is -2.28. The van der Waals surface area contributed by atoms with E-state index in [-0.39, 0.29) is 23.7 Å². The van der Waals surface area contributed by atoms with E-state index in [1.807, 2.05) is 0 Å². The average molecular weight is 262 g/mol. The summed E-state index contributed by atoms with van der Waals surface area (Å²) in [5.74, 6) is -0.726. The van der Waals surface area contributed by atoms with Crippen LogP contribution in [0.4, 0.5) is 0 Å². The smallest absolute Gasteiger partial charge is 0.343 e. The van der Waals surface area contributed by atoms with Gasteiger partial charge in [-0.2, -0.15) is 0 Å². The molecule has 0 atom stereocenters. The van der Waals surface area contributed by atoms with Crippen molar-refractivity contribution in [3.63, 3.8) is 0 Å². The third kappa shape index (κ3) is 7.00. The monoisotopic (exact) mass is 261 g/mol. The molecule has 0 radical (unpaired) electrons. The van der Waals surface area contributed by atoms with E-state index in [4.69, 9.17) is 16.3 Å². The number of ketones is 1. The van der Waals surface area contributed by atoms with E-state index in [2.05, 4.69) is 0 Å². The summed E-state index contributed by atoms with van der Waals surface area (Å²) in [4.78, 5) is 25.2. The maximum absolute atomic E-state index is 11.8. The number of hydrogen-bond donors (Lipinski definition) is 0. The van der Waals surface area contributed by atoms with Crippen molar-refractivity contribution in [2.24, 2.45) is 0 Å². The zero-order valence-electron chi connectivity index (χ0n) is 11.0. The summed E-state index contributed by atoms with van der Waals surface area (Å²) in [6.45, 7) is 5.26. The molecule has 0 aromatic rings. The molecule has 0 rings (SSSR count). The van der Waals surface area contributed by atoms with Crippen molar-refractivity contribution < 1.29 is 14.3 Å². The van der Waals surface area contributed by atoms with Crippen LogP contribution in [0.1, 0.15) is 27.2 Å². The number of esters is 1. The molecule has 98 valence electrons. The number of alkyl halides is 1. The van der Waals surface area contributed by atoms with Crippen LogP contribution >= 0.6 is 11.6 Å². The van der Waals surface area contributed by atoms with Crippen molar-refractivity contribution in [1.82, 2.24) is 4.90 Å². The van der Waals surface area contributed by atoms with Gasteiger partial charge in [0, 0.05) is 32.6 Å². The molecule has 0 bridgehead atoms. The summed E-state index contributed by atoms with van der Waals surface area (Å²) in [6.07, 6.45) is 1.59. The van der Waals surface area contributed by atoms with Crippen LogP contribution in [0.3, 0.4) is 0 Å². The van der Waals surface area contributed by atoms with Gasteiger partial charge in [0.1, 0.15) is 11.2 Å². The van der Waals surface area contributed by atoms with E-state index in [9.17, 15) is 9.59 Å². The highest BCUT2D eigenvalue weighted by molar-refractivity contribution is 6.22. The Balaban J connectivity index is 4.94. The zero-order chi connectivity index (χ0) is 13.6. The summed E-state index contributed by atoms with van der Waals surface area (Å²) in [6, 6.07) is 0. The lowest BCUT2D eigenvalue weighted by molar-refractivity contribution is -0.150. The topological polar surface area (TPSA) is 46.6 Å². The van der Waals surface area contributed by atoms with Gasteiger partial charge >= 0.3 is 5.97 Å². The molecule has 0 N–H and O–H groups in total. The molecule has 0 unspecified atom stereocenters. The first-order valence-corrected chi connectivity index (χ1v) is 5.91. The number of carbonyl (C=O) groups excluding carboxylic acids is 2. The minimum atomic E-state index is -0.621. The molecular formula is C12H20ClNO3. The van der Waals surface area contributed by atoms with Crippen LogP contribution in [-0.2, 0) is 14.3 Å². The second kappa shape index (κ2) is 6.64. The van der Waals surface area contributed by atoms with Gasteiger partial charge in [-0.15, -0.1) is 11.6 Å². The Labute approximate surface area is 108 Å². The highest BCUT2D eigenvalue weighted by atomic mass is 35.5. The summed E-state index contributed by atoms with van der Waals surface area (Å²) in [7, 11) is 3.47. The van der Waals surface area contributed by atoms with Gasteiger partial charge in [-0.1, -0.05) is 0 Å². The Morgan fingerprint density at radius 1 is 1.29 bits per heavy atom. The summed E-state index contributed by atoms with van der Waals surface area (Å²) in [5, 5.41) is 0. The van der Waals surface area contributed by atoms with Crippen LogP contribution in [0.2, 0.25) is 0 Å². The van der Waals surface area contributed by atoms with Crippen LogP contribution in [0.5, 0.6) is 0 Å². The van der Waals surface area contributed by atoms with Crippen molar-refractivity contribution in [2.45, 2.75) is 32.8 Å². The molecule has 0 saturated carbocycles. The Bertz CT molecular complexity index is 316. The molecule has 0 aliphatic heterocycles. The molecule has 5 heteroatoms. The first kappa shape index (κ1) is 16.0. The fraction of sp³-hybridized carbons (Fsp3) is 0.667. The van der Waals surface area contributed by atoms with Crippen LogP contribution in [0.25, 0.3) is 0 Å². The third-order valence-electron chi connectivity index (χ3n) is 1.63. The molecule has 0 fully saturated rings. The SMILES string of the molecule is CN(C)/C=C(\C(=O)CCCl)C(=O)OC(C)(C)C. The Hall–Kier alpha value is -1.03. The van der Waals surface area contributed by atoms with Crippen LogP contribution < -0.4 is 0 Å². The Kier molecular flexibility index (Phi) is 6.24. The summed E-state index contributed by atoms with van der Waals surface area (Å²) < 4.78 is 5.17. The first-order valence-electron chi connectivity index (χ1n) is 5.38. The first-order chi connectivity index (χ1) is 7.67. The lowest BCUT2D eigenvalue weighted by Gasteiger charge is -2.20. The summed E-state index contributed by atoms with van der Waals surface area (Å²) >= 11 is 5.50. The Morgan fingerprint density at radius 2 is 1.82 bits per heavy atom. The quantitative estimate of drug-likeness (QED) is 0.250. The van der Waals surface area contributed by atoms with Crippen molar-refractivity contribution in [2.75, 3.05) is 20.0 Å². The van der Waals surface area contributed by atoms with E-state index < -0.39 is 11.6 Å². The number of carbonyl (C=O) groups is 2. The van der Waals surface area contributed by atoms with E-state index in [1.54, 1.807) is 39.8 Å². The van der Waals surface area contributed by atoms with Crippen LogP contribution in [0.15, 0.2) is 11.8 Å². The maximum atomic E-state index is 11.8. The average Bonchev–Trinajstić information content (AvgIpc) is 2.11. The Morgan fingerprint density at radius 3 is 2.18 bits per heavy atom. The predicted octanol–water partition coefficient (Wildman–Crippen LogP) is 1.97. The molecule has 0 saturated heterocycles. The van der Waals surface area contributed by atoms with E-state index >= 15 is 0 Å². The predicted molar refractivity (Wildman–Crippen MR) is 68.0 cm³/mol. The van der Waals surface area contributed by atoms with Crippen LogP contribution in [-0.4, -0.2) is 42.2 Å². The largest absolute Gasteiger partial charge is 0.456 e. The van der Waals surface area contributed by atoms with E-state index in [0.29, 0.717) is 0 Å². The number of halogens is 1. The minimum Gasteiger partial charge on any atom is -0.456 e. The molecule has 0 aliphatic rings. The number of rotatable bonds is 5. The van der Waals surface area contributed by atoms with Crippen LogP contribution in [0, 0.1) is 0 Å². The number of Topliss-reactive ketones (excluding diaryl/α,β-unsaturated/α-hetero) is 1. The van der Waals surface area contributed by atoms with Crippen molar-refractivity contribution in [3.05, 3.63) is 11.8 Å². The highest BCUT2D eigenvalue weighted by Crippen LogP contribution is 2.13. The fourth-order valence-corrected chi connectivity index (χ4v) is 1.22. The van der Waals surface area contributed by atoms with Crippen molar-refractivity contribution in [1.29, 1.82) is 0 Å². The zero-order valence-corrected chi connectivity index (χ0v) is 11.8. The second-order valence-corrected chi connectivity index (χ2v) is 5.25. The normalized spacial score (nSPS) is 12.2.